The molecular weight excluding hydrogens is 459 g/mol. The SMILES string of the molecule is CCNC(=NCC1(C(=O)N(C)C)CCCC1)NC1CCC(SCC)C1.I. The molecule has 2 aliphatic rings. The van der Waals surface area contributed by atoms with E-state index in [1.165, 1.54) is 25.0 Å². The topological polar surface area (TPSA) is 56.7 Å². The Labute approximate surface area is 180 Å². The number of thioether (sulfide) groups is 1. The van der Waals surface area contributed by atoms with Gasteiger partial charge in [0.2, 0.25) is 5.91 Å². The molecule has 1 amide bonds. The lowest BCUT2D eigenvalue weighted by molar-refractivity contribution is -0.138. The smallest absolute Gasteiger partial charge is 0.230 e. The maximum absolute atomic E-state index is 12.7. The van der Waals surface area contributed by atoms with Crippen molar-refractivity contribution in [1.29, 1.82) is 0 Å². The Bertz CT molecular complexity index is 466. The monoisotopic (exact) mass is 496 g/mol. The summed E-state index contributed by atoms with van der Waals surface area (Å²) in [7, 11) is 3.72. The minimum Gasteiger partial charge on any atom is -0.357 e. The van der Waals surface area contributed by atoms with Gasteiger partial charge in [0.05, 0.1) is 12.0 Å². The van der Waals surface area contributed by atoms with Gasteiger partial charge in [-0.15, -0.1) is 24.0 Å². The van der Waals surface area contributed by atoms with Crippen molar-refractivity contribution in [2.75, 3.05) is 32.9 Å². The molecule has 0 aliphatic heterocycles. The van der Waals surface area contributed by atoms with Gasteiger partial charge >= 0.3 is 0 Å². The van der Waals surface area contributed by atoms with E-state index in [0.717, 1.165) is 43.4 Å². The Balaban J connectivity index is 0.00000338. The Hall–Kier alpha value is -0.180. The zero-order chi connectivity index (χ0) is 18.3. The molecule has 2 aliphatic carbocycles. The number of carbonyl (C=O) groups is 1. The first-order valence-corrected chi connectivity index (χ1v) is 10.9. The van der Waals surface area contributed by atoms with Crippen LogP contribution in [0.25, 0.3) is 0 Å². The first-order chi connectivity index (χ1) is 12.0. The van der Waals surface area contributed by atoms with Crippen molar-refractivity contribution in [3.05, 3.63) is 0 Å². The number of nitrogens with zero attached hydrogens (tertiary/aromatic N) is 2. The van der Waals surface area contributed by atoms with Crippen LogP contribution in [0.3, 0.4) is 0 Å². The number of hydrogen-bond acceptors (Lipinski definition) is 3. The molecule has 2 rings (SSSR count). The summed E-state index contributed by atoms with van der Waals surface area (Å²) in [4.78, 5) is 19.3. The average Bonchev–Trinajstić information content (AvgIpc) is 3.23. The van der Waals surface area contributed by atoms with Crippen molar-refractivity contribution >= 4 is 47.6 Å². The number of nitrogens with one attached hydrogen (secondary N) is 2. The van der Waals surface area contributed by atoms with Gasteiger partial charge in [0.1, 0.15) is 0 Å². The predicted octanol–water partition coefficient (Wildman–Crippen LogP) is 3.48. The molecule has 0 spiro atoms. The van der Waals surface area contributed by atoms with Crippen LogP contribution in [0.1, 0.15) is 58.8 Å². The molecule has 2 saturated carbocycles. The van der Waals surface area contributed by atoms with Gasteiger partial charge in [-0.05, 0) is 44.8 Å². The minimum absolute atomic E-state index is 0. The highest BCUT2D eigenvalue weighted by Crippen LogP contribution is 2.39. The quantitative estimate of drug-likeness (QED) is 0.322. The first-order valence-electron chi connectivity index (χ1n) is 9.89. The van der Waals surface area contributed by atoms with E-state index < -0.39 is 0 Å². The van der Waals surface area contributed by atoms with Crippen LogP contribution in [0.4, 0.5) is 0 Å². The van der Waals surface area contributed by atoms with Gasteiger partial charge in [-0.2, -0.15) is 11.8 Å². The van der Waals surface area contributed by atoms with Crippen molar-refractivity contribution in [2.24, 2.45) is 10.4 Å². The zero-order valence-electron chi connectivity index (χ0n) is 16.8. The van der Waals surface area contributed by atoms with Crippen LogP contribution in [0, 0.1) is 5.41 Å². The van der Waals surface area contributed by atoms with Gasteiger partial charge in [0, 0.05) is 31.9 Å². The van der Waals surface area contributed by atoms with Crippen LogP contribution < -0.4 is 10.6 Å². The molecule has 2 fully saturated rings. The summed E-state index contributed by atoms with van der Waals surface area (Å²) in [6.07, 6.45) is 7.92. The number of aliphatic imine (C=N–C) groups is 1. The van der Waals surface area contributed by atoms with E-state index in [-0.39, 0.29) is 35.3 Å². The number of hydrogen-bond donors (Lipinski definition) is 2. The summed E-state index contributed by atoms with van der Waals surface area (Å²) in [6, 6.07) is 0.505. The normalized spacial score (nSPS) is 24.8. The second-order valence-electron chi connectivity index (χ2n) is 7.61. The summed E-state index contributed by atoms with van der Waals surface area (Å²) >= 11 is 2.07. The summed E-state index contributed by atoms with van der Waals surface area (Å²) in [5, 5.41) is 7.77. The van der Waals surface area contributed by atoms with Crippen molar-refractivity contribution in [3.8, 4) is 0 Å². The minimum atomic E-state index is -0.290. The second-order valence-corrected chi connectivity index (χ2v) is 9.19. The lowest BCUT2D eigenvalue weighted by Crippen LogP contribution is -2.45. The Morgan fingerprint density at radius 2 is 1.92 bits per heavy atom. The van der Waals surface area contributed by atoms with Crippen molar-refractivity contribution < 1.29 is 4.79 Å². The van der Waals surface area contributed by atoms with E-state index in [1.54, 1.807) is 4.90 Å². The van der Waals surface area contributed by atoms with Crippen molar-refractivity contribution in [2.45, 2.75) is 70.1 Å². The molecule has 0 aromatic rings. The van der Waals surface area contributed by atoms with Crippen molar-refractivity contribution in [3.63, 3.8) is 0 Å². The summed E-state index contributed by atoms with van der Waals surface area (Å²) < 4.78 is 0. The fourth-order valence-corrected chi connectivity index (χ4v) is 5.31. The molecule has 0 heterocycles. The van der Waals surface area contributed by atoms with E-state index in [2.05, 4.69) is 36.2 Å². The highest BCUT2D eigenvalue weighted by molar-refractivity contribution is 14.0. The van der Waals surface area contributed by atoms with Gasteiger partial charge < -0.3 is 15.5 Å². The van der Waals surface area contributed by atoms with Gasteiger partial charge in [0.15, 0.2) is 5.96 Å². The molecule has 2 N–H and O–H groups in total. The third-order valence-corrected chi connectivity index (χ3v) is 6.67. The van der Waals surface area contributed by atoms with E-state index in [4.69, 9.17) is 4.99 Å². The maximum Gasteiger partial charge on any atom is 0.230 e. The molecule has 26 heavy (non-hydrogen) atoms. The van der Waals surface area contributed by atoms with Gasteiger partial charge in [-0.25, -0.2) is 0 Å². The zero-order valence-corrected chi connectivity index (χ0v) is 20.0. The van der Waals surface area contributed by atoms with Crippen LogP contribution >= 0.6 is 35.7 Å². The van der Waals surface area contributed by atoms with Crippen molar-refractivity contribution in [1.82, 2.24) is 15.5 Å². The molecule has 7 heteroatoms. The van der Waals surface area contributed by atoms with Crippen LogP contribution in [-0.2, 0) is 4.79 Å². The molecule has 0 aromatic carbocycles. The Morgan fingerprint density at radius 3 is 2.50 bits per heavy atom. The predicted molar refractivity (Wildman–Crippen MR) is 124 cm³/mol. The summed E-state index contributed by atoms with van der Waals surface area (Å²) in [5.41, 5.74) is -0.290. The van der Waals surface area contributed by atoms with Gasteiger partial charge in [-0.1, -0.05) is 19.8 Å². The molecule has 0 saturated heterocycles. The number of amides is 1. The number of halogens is 1. The van der Waals surface area contributed by atoms with Crippen LogP contribution in [0.5, 0.6) is 0 Å². The number of rotatable bonds is 7. The fourth-order valence-electron chi connectivity index (χ4n) is 4.17. The van der Waals surface area contributed by atoms with Crippen LogP contribution in [-0.4, -0.2) is 61.0 Å². The van der Waals surface area contributed by atoms with Crippen LogP contribution in [0.15, 0.2) is 4.99 Å². The summed E-state index contributed by atoms with van der Waals surface area (Å²) in [5.74, 6) is 2.32. The summed E-state index contributed by atoms with van der Waals surface area (Å²) in [6.45, 7) is 5.77. The molecule has 0 radical (unpaired) electrons. The third-order valence-electron chi connectivity index (χ3n) is 5.43. The largest absolute Gasteiger partial charge is 0.357 e. The Kier molecular flexibility index (Phi) is 10.7. The fraction of sp³-hybridized carbons (Fsp3) is 0.895. The number of guanidine groups is 1. The molecule has 152 valence electrons. The molecule has 2 unspecified atom stereocenters. The number of carbonyl (C=O) groups excluding carboxylic acids is 1. The van der Waals surface area contributed by atoms with Gasteiger partial charge in [0.25, 0.3) is 0 Å². The lowest BCUT2D eigenvalue weighted by atomic mass is 9.85. The van der Waals surface area contributed by atoms with Crippen LogP contribution in [0.2, 0.25) is 0 Å². The highest BCUT2D eigenvalue weighted by Gasteiger charge is 2.42. The molecular formula is C19H37IN4OS. The molecule has 5 nitrogen and oxygen atoms in total. The maximum atomic E-state index is 12.7. The van der Waals surface area contributed by atoms with Gasteiger partial charge in [-0.3, -0.25) is 9.79 Å². The standard InChI is InChI=1S/C19H36N4OS.HI/c1-5-20-18(22-15-9-10-16(13-15)25-6-2)21-14-19(11-7-8-12-19)17(24)23(3)4;/h15-16H,5-14H2,1-4H3,(H2,20,21,22);1H. The molecule has 0 aromatic heterocycles. The third kappa shape index (κ3) is 6.46. The Morgan fingerprint density at radius 1 is 1.23 bits per heavy atom. The lowest BCUT2D eigenvalue weighted by Gasteiger charge is -2.29. The highest BCUT2D eigenvalue weighted by atomic mass is 127. The van der Waals surface area contributed by atoms with E-state index in [9.17, 15) is 4.79 Å². The first kappa shape index (κ1) is 23.9. The van der Waals surface area contributed by atoms with E-state index >= 15 is 0 Å². The average molecular weight is 497 g/mol. The van der Waals surface area contributed by atoms with E-state index in [0.29, 0.717) is 12.6 Å². The second kappa shape index (κ2) is 11.6. The molecule has 0 bridgehead atoms. The van der Waals surface area contributed by atoms with E-state index in [1.807, 2.05) is 14.1 Å². The molecule has 2 atom stereocenters.